The molecule has 1 aromatic rings. The Labute approximate surface area is 103 Å². The van der Waals surface area contributed by atoms with Crippen molar-refractivity contribution < 1.29 is 5.11 Å². The summed E-state index contributed by atoms with van der Waals surface area (Å²) in [5.41, 5.74) is 7.80. The number of aliphatic hydroxyl groups excluding tert-OH is 1. The van der Waals surface area contributed by atoms with Crippen molar-refractivity contribution in [3.8, 4) is 0 Å². The molecule has 4 heteroatoms. The first kappa shape index (κ1) is 13.9. The molecule has 96 valence electrons. The van der Waals surface area contributed by atoms with Gasteiger partial charge in [-0.3, -0.25) is 0 Å². The van der Waals surface area contributed by atoms with E-state index >= 15 is 0 Å². The summed E-state index contributed by atoms with van der Waals surface area (Å²) in [6.07, 6.45) is 0.748. The molecule has 0 spiro atoms. The standard InChI is InChI=1S/C13H23N3O/c1-10(2)16(7-4-8-17)13-12(9-14)6-5-11(3)15-13/h5-6,10,17H,4,7-9,14H2,1-3H3. The molecule has 0 aliphatic carbocycles. The van der Waals surface area contributed by atoms with Gasteiger partial charge in [-0.1, -0.05) is 6.07 Å². The van der Waals surface area contributed by atoms with Gasteiger partial charge in [-0.2, -0.15) is 0 Å². The Morgan fingerprint density at radius 3 is 2.65 bits per heavy atom. The molecule has 0 aliphatic heterocycles. The number of anilines is 1. The van der Waals surface area contributed by atoms with Crippen molar-refractivity contribution in [2.75, 3.05) is 18.1 Å². The van der Waals surface area contributed by atoms with Crippen LogP contribution < -0.4 is 10.6 Å². The van der Waals surface area contributed by atoms with E-state index in [9.17, 15) is 0 Å². The number of pyridine rings is 1. The van der Waals surface area contributed by atoms with Crippen molar-refractivity contribution >= 4 is 5.82 Å². The Kier molecular flexibility index (Phi) is 5.38. The van der Waals surface area contributed by atoms with E-state index in [0.717, 1.165) is 30.0 Å². The Balaban J connectivity index is 3.02. The first-order chi connectivity index (χ1) is 8.10. The van der Waals surface area contributed by atoms with Gasteiger partial charge in [-0.25, -0.2) is 4.98 Å². The number of hydrogen-bond acceptors (Lipinski definition) is 4. The first-order valence-corrected chi connectivity index (χ1v) is 6.14. The molecule has 17 heavy (non-hydrogen) atoms. The van der Waals surface area contributed by atoms with Gasteiger partial charge in [-0.15, -0.1) is 0 Å². The molecule has 0 aliphatic rings. The number of hydrogen-bond donors (Lipinski definition) is 2. The summed E-state index contributed by atoms with van der Waals surface area (Å²) in [7, 11) is 0. The zero-order valence-electron chi connectivity index (χ0n) is 11.0. The molecular weight excluding hydrogens is 214 g/mol. The van der Waals surface area contributed by atoms with Crippen LogP contribution in [0.1, 0.15) is 31.5 Å². The van der Waals surface area contributed by atoms with Crippen LogP contribution in [0.3, 0.4) is 0 Å². The highest BCUT2D eigenvalue weighted by Crippen LogP contribution is 2.20. The molecule has 0 atom stereocenters. The second kappa shape index (κ2) is 6.57. The van der Waals surface area contributed by atoms with E-state index in [1.54, 1.807) is 0 Å². The van der Waals surface area contributed by atoms with E-state index in [4.69, 9.17) is 10.8 Å². The number of nitrogens with zero attached hydrogens (tertiary/aromatic N) is 2. The van der Waals surface area contributed by atoms with Crippen LogP contribution in [0.4, 0.5) is 5.82 Å². The largest absolute Gasteiger partial charge is 0.396 e. The smallest absolute Gasteiger partial charge is 0.133 e. The molecule has 1 heterocycles. The van der Waals surface area contributed by atoms with Gasteiger partial charge in [0.15, 0.2) is 0 Å². The molecular formula is C13H23N3O. The lowest BCUT2D eigenvalue weighted by molar-refractivity contribution is 0.288. The predicted octanol–water partition coefficient (Wildman–Crippen LogP) is 1.45. The monoisotopic (exact) mass is 237 g/mol. The SMILES string of the molecule is Cc1ccc(CN)c(N(CCCO)C(C)C)n1. The van der Waals surface area contributed by atoms with Crippen molar-refractivity contribution in [2.24, 2.45) is 5.73 Å². The third kappa shape index (κ3) is 3.68. The summed E-state index contributed by atoms with van der Waals surface area (Å²) in [6.45, 7) is 7.73. The molecule has 0 saturated heterocycles. The van der Waals surface area contributed by atoms with Crippen LogP contribution >= 0.6 is 0 Å². The van der Waals surface area contributed by atoms with E-state index in [0.29, 0.717) is 12.6 Å². The quantitative estimate of drug-likeness (QED) is 0.786. The molecule has 0 saturated carbocycles. The van der Waals surface area contributed by atoms with Crippen LogP contribution in [0.15, 0.2) is 12.1 Å². The molecule has 0 bridgehead atoms. The average molecular weight is 237 g/mol. The van der Waals surface area contributed by atoms with Crippen LogP contribution in [0, 0.1) is 6.92 Å². The maximum Gasteiger partial charge on any atom is 0.133 e. The highest BCUT2D eigenvalue weighted by molar-refractivity contribution is 5.48. The topological polar surface area (TPSA) is 62.4 Å². The van der Waals surface area contributed by atoms with E-state index in [-0.39, 0.29) is 6.61 Å². The first-order valence-electron chi connectivity index (χ1n) is 6.14. The molecule has 0 amide bonds. The minimum Gasteiger partial charge on any atom is -0.396 e. The Morgan fingerprint density at radius 2 is 2.12 bits per heavy atom. The Bertz CT molecular complexity index is 353. The lowest BCUT2D eigenvalue weighted by Crippen LogP contribution is -2.34. The lowest BCUT2D eigenvalue weighted by atomic mass is 10.2. The summed E-state index contributed by atoms with van der Waals surface area (Å²) in [5.74, 6) is 0.955. The van der Waals surface area contributed by atoms with Gasteiger partial charge in [0.25, 0.3) is 0 Å². The molecule has 0 unspecified atom stereocenters. The molecule has 0 aromatic carbocycles. The lowest BCUT2D eigenvalue weighted by Gasteiger charge is -2.29. The third-order valence-electron chi connectivity index (χ3n) is 2.77. The van der Waals surface area contributed by atoms with Gasteiger partial charge in [-0.05, 0) is 33.3 Å². The number of rotatable bonds is 6. The number of aromatic nitrogens is 1. The van der Waals surface area contributed by atoms with Crippen LogP contribution in [0.2, 0.25) is 0 Å². The van der Waals surface area contributed by atoms with E-state index < -0.39 is 0 Å². The van der Waals surface area contributed by atoms with Crippen LogP contribution in [0.5, 0.6) is 0 Å². The van der Waals surface area contributed by atoms with E-state index in [1.165, 1.54) is 0 Å². The highest BCUT2D eigenvalue weighted by atomic mass is 16.3. The molecule has 1 aromatic heterocycles. The highest BCUT2D eigenvalue weighted by Gasteiger charge is 2.15. The molecule has 0 fully saturated rings. The van der Waals surface area contributed by atoms with Gasteiger partial charge in [0.1, 0.15) is 5.82 Å². The summed E-state index contributed by atoms with van der Waals surface area (Å²) in [5, 5.41) is 8.95. The van der Waals surface area contributed by atoms with Crippen molar-refractivity contribution in [3.63, 3.8) is 0 Å². The summed E-state index contributed by atoms with van der Waals surface area (Å²) in [6, 6.07) is 4.36. The van der Waals surface area contributed by atoms with Crippen LogP contribution in [0.25, 0.3) is 0 Å². The Hall–Kier alpha value is -1.13. The summed E-state index contributed by atoms with van der Waals surface area (Å²) in [4.78, 5) is 6.78. The number of aliphatic hydroxyl groups is 1. The Morgan fingerprint density at radius 1 is 1.41 bits per heavy atom. The van der Waals surface area contributed by atoms with Crippen LogP contribution in [-0.2, 0) is 6.54 Å². The van der Waals surface area contributed by atoms with Gasteiger partial charge in [0.2, 0.25) is 0 Å². The fourth-order valence-electron chi connectivity index (χ4n) is 1.83. The predicted molar refractivity (Wildman–Crippen MR) is 71.1 cm³/mol. The number of nitrogens with two attached hydrogens (primary N) is 1. The molecule has 0 radical (unpaired) electrons. The van der Waals surface area contributed by atoms with E-state index in [2.05, 4.69) is 23.7 Å². The number of aryl methyl sites for hydroxylation is 1. The van der Waals surface area contributed by atoms with Gasteiger partial charge < -0.3 is 15.7 Å². The maximum absolute atomic E-state index is 8.95. The minimum atomic E-state index is 0.201. The summed E-state index contributed by atoms with van der Waals surface area (Å²) < 4.78 is 0. The second-order valence-corrected chi connectivity index (χ2v) is 4.50. The van der Waals surface area contributed by atoms with Crippen molar-refractivity contribution in [1.29, 1.82) is 0 Å². The zero-order valence-corrected chi connectivity index (χ0v) is 11.0. The molecule has 1 rings (SSSR count). The average Bonchev–Trinajstić information content (AvgIpc) is 2.29. The fourth-order valence-corrected chi connectivity index (χ4v) is 1.83. The normalized spacial score (nSPS) is 10.9. The van der Waals surface area contributed by atoms with Gasteiger partial charge in [0.05, 0.1) is 0 Å². The van der Waals surface area contributed by atoms with E-state index in [1.807, 2.05) is 19.1 Å². The fraction of sp³-hybridized carbons (Fsp3) is 0.615. The van der Waals surface area contributed by atoms with Gasteiger partial charge in [0, 0.05) is 37.0 Å². The summed E-state index contributed by atoms with van der Waals surface area (Å²) >= 11 is 0. The molecule has 3 N–H and O–H groups in total. The van der Waals surface area contributed by atoms with Crippen molar-refractivity contribution in [2.45, 2.75) is 39.8 Å². The van der Waals surface area contributed by atoms with Crippen molar-refractivity contribution in [3.05, 3.63) is 23.4 Å². The van der Waals surface area contributed by atoms with Gasteiger partial charge >= 0.3 is 0 Å². The van der Waals surface area contributed by atoms with Crippen molar-refractivity contribution in [1.82, 2.24) is 4.98 Å². The molecule has 4 nitrogen and oxygen atoms in total. The minimum absolute atomic E-state index is 0.201. The second-order valence-electron chi connectivity index (χ2n) is 4.50. The zero-order chi connectivity index (χ0) is 12.8. The van der Waals surface area contributed by atoms with Crippen LogP contribution in [-0.4, -0.2) is 29.3 Å². The maximum atomic E-state index is 8.95. The third-order valence-corrected chi connectivity index (χ3v) is 2.77.